The Labute approximate surface area is 51.4 Å². The maximum absolute atomic E-state index is 9.96. The van der Waals surface area contributed by atoms with Crippen LogP contribution in [0.2, 0.25) is 0 Å². The molecular formula is C3H3Cl2O2. The average Bonchev–Trinajstić information content (AvgIpc) is 1.65. The molecule has 0 aromatic heterocycles. The Morgan fingerprint density at radius 1 is 1.71 bits per heavy atom. The predicted molar refractivity (Wildman–Crippen MR) is 26.9 cm³/mol. The molecule has 0 aliphatic carbocycles. The Bertz CT molecular complexity index is 71.3. The zero-order valence-electron chi connectivity index (χ0n) is 3.36. The molecule has 0 spiro atoms. The molecule has 0 bridgehead atoms. The van der Waals surface area contributed by atoms with Gasteiger partial charge in [-0.2, -0.15) is 0 Å². The number of hydrogen-bond acceptors (Lipinski definition) is 2. The monoisotopic (exact) mass is 141 g/mol. The van der Waals surface area contributed by atoms with Gasteiger partial charge in [-0.3, -0.25) is 0 Å². The molecule has 0 N–H and O–H groups in total. The number of rotatable bonds is 1. The number of esters is 1. The minimum Gasteiger partial charge on any atom is -0.460 e. The fourth-order valence-electron chi connectivity index (χ4n) is 0.0630. The van der Waals surface area contributed by atoms with Crippen LogP contribution in [0.3, 0.4) is 0 Å². The molecule has 0 heterocycles. The fourth-order valence-corrected chi connectivity index (χ4v) is 0.189. The zero-order chi connectivity index (χ0) is 5.86. The van der Waals surface area contributed by atoms with Crippen LogP contribution in [-0.4, -0.2) is 10.8 Å². The number of ether oxygens (including phenoxy) is 1. The van der Waals surface area contributed by atoms with E-state index in [2.05, 4.69) is 11.8 Å². The summed E-state index contributed by atoms with van der Waals surface area (Å²) in [7, 11) is 2.79. The Hall–Kier alpha value is 0.0500. The molecule has 0 aliphatic heterocycles. The summed E-state index contributed by atoms with van der Waals surface area (Å²) < 4.78 is 3.86. The highest BCUT2D eigenvalue weighted by Gasteiger charge is 2.09. The normalized spacial score (nSPS) is 9.14. The summed E-state index contributed by atoms with van der Waals surface area (Å²) in [5.41, 5.74) is 0. The van der Waals surface area contributed by atoms with E-state index >= 15 is 0 Å². The van der Waals surface area contributed by atoms with Gasteiger partial charge in [-0.15, -0.1) is 0 Å². The van der Waals surface area contributed by atoms with Crippen molar-refractivity contribution >= 4 is 29.2 Å². The second-order valence-corrected chi connectivity index (χ2v) is 1.86. The SMILES string of the molecule is [CH2]OC(=O)C(Cl)Cl. The highest BCUT2D eigenvalue weighted by Crippen LogP contribution is 2.01. The van der Waals surface area contributed by atoms with E-state index in [1.165, 1.54) is 0 Å². The van der Waals surface area contributed by atoms with E-state index in [9.17, 15) is 4.79 Å². The first-order valence-electron chi connectivity index (χ1n) is 1.42. The largest absolute Gasteiger partial charge is 0.460 e. The molecule has 0 unspecified atom stereocenters. The summed E-state index contributed by atoms with van der Waals surface area (Å²) in [6, 6.07) is 0. The van der Waals surface area contributed by atoms with Crippen molar-refractivity contribution in [1.82, 2.24) is 0 Å². The van der Waals surface area contributed by atoms with Gasteiger partial charge in [0.25, 0.3) is 0 Å². The van der Waals surface area contributed by atoms with Crippen LogP contribution in [0.15, 0.2) is 0 Å². The van der Waals surface area contributed by atoms with Gasteiger partial charge in [-0.1, -0.05) is 23.2 Å². The van der Waals surface area contributed by atoms with E-state index in [-0.39, 0.29) is 0 Å². The number of carbonyl (C=O) groups excluding carboxylic acids is 1. The van der Waals surface area contributed by atoms with Gasteiger partial charge in [0.1, 0.15) is 7.11 Å². The molecule has 0 fully saturated rings. The third-order valence-corrected chi connectivity index (χ3v) is 0.677. The van der Waals surface area contributed by atoms with E-state index in [4.69, 9.17) is 23.2 Å². The lowest BCUT2D eigenvalue weighted by Crippen LogP contribution is -2.07. The molecule has 41 valence electrons. The molecule has 4 heteroatoms. The molecule has 0 saturated heterocycles. The van der Waals surface area contributed by atoms with Crippen LogP contribution in [0.5, 0.6) is 0 Å². The summed E-state index contributed by atoms with van der Waals surface area (Å²) in [6.45, 7) is 0. The van der Waals surface area contributed by atoms with Crippen molar-refractivity contribution in [1.29, 1.82) is 0 Å². The van der Waals surface area contributed by atoms with Crippen molar-refractivity contribution in [3.63, 3.8) is 0 Å². The number of halogens is 2. The lowest BCUT2D eigenvalue weighted by molar-refractivity contribution is -0.136. The minimum absolute atomic E-state index is 0.733. The fraction of sp³-hybridized carbons (Fsp3) is 0.333. The lowest BCUT2D eigenvalue weighted by atomic mass is 10.8. The molecule has 0 aliphatic rings. The van der Waals surface area contributed by atoms with Crippen LogP contribution in [-0.2, 0) is 9.53 Å². The van der Waals surface area contributed by atoms with E-state index < -0.39 is 10.8 Å². The number of carbonyl (C=O) groups is 1. The highest BCUT2D eigenvalue weighted by atomic mass is 35.5. The van der Waals surface area contributed by atoms with Gasteiger partial charge >= 0.3 is 5.97 Å². The third-order valence-electron chi connectivity index (χ3n) is 0.320. The first kappa shape index (κ1) is 7.05. The summed E-state index contributed by atoms with van der Waals surface area (Å²) in [5.74, 6) is -0.733. The van der Waals surface area contributed by atoms with E-state index in [0.717, 1.165) is 0 Å². The summed E-state index contributed by atoms with van der Waals surface area (Å²) in [5, 5.41) is 0. The Morgan fingerprint density at radius 2 is 2.14 bits per heavy atom. The van der Waals surface area contributed by atoms with Crippen LogP contribution in [0.25, 0.3) is 0 Å². The first-order chi connectivity index (χ1) is 3.18. The number of alkyl halides is 2. The van der Waals surface area contributed by atoms with Crippen molar-refractivity contribution in [3.05, 3.63) is 7.11 Å². The van der Waals surface area contributed by atoms with E-state index in [0.29, 0.717) is 0 Å². The topological polar surface area (TPSA) is 26.3 Å². The zero-order valence-corrected chi connectivity index (χ0v) is 4.87. The molecule has 0 saturated carbocycles. The maximum Gasteiger partial charge on any atom is 0.339 e. The summed E-state index contributed by atoms with van der Waals surface area (Å²) >= 11 is 9.96. The van der Waals surface area contributed by atoms with Crippen molar-refractivity contribution in [2.75, 3.05) is 0 Å². The minimum atomic E-state index is -1.11. The van der Waals surface area contributed by atoms with Crippen LogP contribution in [0, 0.1) is 7.11 Å². The summed E-state index contributed by atoms with van der Waals surface area (Å²) in [6.07, 6.45) is 0. The van der Waals surface area contributed by atoms with Crippen molar-refractivity contribution in [2.45, 2.75) is 4.84 Å². The molecule has 2 nitrogen and oxygen atoms in total. The van der Waals surface area contributed by atoms with Crippen LogP contribution >= 0.6 is 23.2 Å². The van der Waals surface area contributed by atoms with Crippen LogP contribution < -0.4 is 0 Å². The predicted octanol–water partition coefficient (Wildman–Crippen LogP) is 1.12. The van der Waals surface area contributed by atoms with Gasteiger partial charge in [0.05, 0.1) is 0 Å². The van der Waals surface area contributed by atoms with Crippen LogP contribution in [0.1, 0.15) is 0 Å². The second kappa shape index (κ2) is 3.10. The first-order valence-corrected chi connectivity index (χ1v) is 2.29. The van der Waals surface area contributed by atoms with Crippen LogP contribution in [0.4, 0.5) is 0 Å². The van der Waals surface area contributed by atoms with Gasteiger partial charge in [-0.05, 0) is 0 Å². The molecule has 0 rings (SSSR count). The molecule has 0 aromatic rings. The standard InChI is InChI=1S/C3H3Cl2O2/c1-7-3(6)2(4)5/h2H,1H2. The second-order valence-electron chi connectivity index (χ2n) is 0.764. The Kier molecular flexibility index (Phi) is 3.13. The van der Waals surface area contributed by atoms with Crippen molar-refractivity contribution in [3.8, 4) is 0 Å². The molecule has 7 heavy (non-hydrogen) atoms. The Morgan fingerprint density at radius 3 is 2.14 bits per heavy atom. The molecular weight excluding hydrogens is 139 g/mol. The Balaban J connectivity index is 3.35. The number of hydrogen-bond donors (Lipinski definition) is 0. The van der Waals surface area contributed by atoms with Gasteiger partial charge in [0.15, 0.2) is 0 Å². The summed E-state index contributed by atoms with van der Waals surface area (Å²) in [4.78, 5) is 8.85. The van der Waals surface area contributed by atoms with E-state index in [1.807, 2.05) is 0 Å². The third kappa shape index (κ3) is 2.71. The van der Waals surface area contributed by atoms with Gasteiger partial charge in [0, 0.05) is 0 Å². The lowest BCUT2D eigenvalue weighted by Gasteiger charge is -1.93. The maximum atomic E-state index is 9.96. The molecule has 0 amide bonds. The van der Waals surface area contributed by atoms with Crippen molar-refractivity contribution in [2.24, 2.45) is 0 Å². The van der Waals surface area contributed by atoms with Gasteiger partial charge in [0.2, 0.25) is 4.84 Å². The van der Waals surface area contributed by atoms with Crippen molar-refractivity contribution < 1.29 is 9.53 Å². The quantitative estimate of drug-likeness (QED) is 0.405. The van der Waals surface area contributed by atoms with Gasteiger partial charge in [-0.25, -0.2) is 4.79 Å². The van der Waals surface area contributed by atoms with E-state index in [1.54, 1.807) is 0 Å². The average molecular weight is 142 g/mol. The molecule has 0 atom stereocenters. The molecule has 1 radical (unpaired) electrons. The molecule has 0 aromatic carbocycles. The smallest absolute Gasteiger partial charge is 0.339 e. The van der Waals surface area contributed by atoms with Gasteiger partial charge < -0.3 is 4.74 Å². The highest BCUT2D eigenvalue weighted by molar-refractivity contribution is 6.52.